The fraction of sp³-hybridized carbons (Fsp3) is 0.265. The summed E-state index contributed by atoms with van der Waals surface area (Å²) in [5, 5.41) is 2.78. The van der Waals surface area contributed by atoms with Crippen LogP contribution in [0.15, 0.2) is 97.7 Å². The summed E-state index contributed by atoms with van der Waals surface area (Å²) < 4.78 is 24.7. The van der Waals surface area contributed by atoms with E-state index in [2.05, 4.69) is 25.3 Å². The predicted octanol–water partition coefficient (Wildman–Crippen LogP) is 4.72. The molecule has 2 aromatic carbocycles. The maximum atomic E-state index is 13.0. The van der Waals surface area contributed by atoms with E-state index in [1.165, 1.54) is 19.6 Å². The molecule has 6 rings (SSSR count). The van der Waals surface area contributed by atoms with E-state index in [9.17, 15) is 14.4 Å². The van der Waals surface area contributed by atoms with E-state index in [0.29, 0.717) is 29.1 Å². The van der Waals surface area contributed by atoms with Crippen molar-refractivity contribution >= 4 is 40.8 Å². The van der Waals surface area contributed by atoms with E-state index in [0.717, 1.165) is 5.56 Å². The lowest BCUT2D eigenvalue weighted by molar-refractivity contribution is -0.150. The normalized spacial score (nSPS) is 17.8. The van der Waals surface area contributed by atoms with Gasteiger partial charge >= 0.3 is 12.1 Å². The number of pyridine rings is 1. The van der Waals surface area contributed by atoms with Gasteiger partial charge in [-0.05, 0) is 29.8 Å². The van der Waals surface area contributed by atoms with E-state index in [1.807, 2.05) is 66.5 Å². The number of hydrogen-bond acceptors (Lipinski definition) is 12. The molecule has 3 aromatic heterocycles. The van der Waals surface area contributed by atoms with Crippen LogP contribution < -0.4 is 10.2 Å². The van der Waals surface area contributed by atoms with Gasteiger partial charge in [-0.1, -0.05) is 54.6 Å². The summed E-state index contributed by atoms with van der Waals surface area (Å²) in [5.41, 5.74) is 1.98. The van der Waals surface area contributed by atoms with Crippen LogP contribution in [0, 0.1) is 0 Å². The molecule has 5 aromatic rings. The number of esters is 1. The first-order valence-electron chi connectivity index (χ1n) is 15.2. The molecule has 1 unspecified atom stereocenters. The average molecular weight is 652 g/mol. The fourth-order valence-corrected chi connectivity index (χ4v) is 5.38. The zero-order chi connectivity index (χ0) is 33.5. The first kappa shape index (κ1) is 32.1. The molecular weight excluding hydrogens is 618 g/mol. The molecule has 0 radical (unpaired) electrons. The predicted molar refractivity (Wildman–Crippen MR) is 173 cm³/mol. The minimum absolute atomic E-state index is 0.228. The quantitative estimate of drug-likeness (QED) is 0.196. The van der Waals surface area contributed by atoms with E-state index in [-0.39, 0.29) is 24.8 Å². The van der Waals surface area contributed by atoms with Crippen LogP contribution in [0.5, 0.6) is 0 Å². The average Bonchev–Trinajstić information content (AvgIpc) is 3.72. The molecule has 48 heavy (non-hydrogen) atoms. The summed E-state index contributed by atoms with van der Waals surface area (Å²) in [6.45, 7) is 1.37. The molecule has 246 valence electrons. The molecule has 0 spiro atoms. The van der Waals surface area contributed by atoms with Crippen LogP contribution in [0.3, 0.4) is 0 Å². The molecular formula is C34H33N7O7. The molecule has 14 heteroatoms. The fourth-order valence-electron chi connectivity index (χ4n) is 5.38. The molecule has 0 bridgehead atoms. The van der Waals surface area contributed by atoms with Crippen LogP contribution in [0.1, 0.15) is 41.6 Å². The number of imidazole rings is 1. The van der Waals surface area contributed by atoms with Crippen molar-refractivity contribution in [1.29, 1.82) is 0 Å². The van der Waals surface area contributed by atoms with Crippen molar-refractivity contribution in [2.75, 3.05) is 30.4 Å². The molecule has 1 saturated heterocycles. The van der Waals surface area contributed by atoms with E-state index in [1.54, 1.807) is 35.0 Å². The van der Waals surface area contributed by atoms with Crippen molar-refractivity contribution in [2.24, 2.45) is 0 Å². The van der Waals surface area contributed by atoms with Gasteiger partial charge in [0.2, 0.25) is 0 Å². The molecule has 1 aliphatic rings. The van der Waals surface area contributed by atoms with E-state index < -0.39 is 36.7 Å². The summed E-state index contributed by atoms with van der Waals surface area (Å²) in [5.74, 6) is 0.0841. The number of rotatable bonds is 11. The maximum Gasteiger partial charge on any atom is 0.509 e. The number of likely N-dealkylation sites (N-methyl/N-ethyl adjacent to an activating group) is 1. The summed E-state index contributed by atoms with van der Waals surface area (Å²) in [7, 11) is 1.86. The van der Waals surface area contributed by atoms with Gasteiger partial charge in [-0.15, -0.1) is 0 Å². The highest BCUT2D eigenvalue weighted by Crippen LogP contribution is 2.34. The zero-order valence-electron chi connectivity index (χ0n) is 26.2. The Balaban J connectivity index is 1.13. The van der Waals surface area contributed by atoms with Gasteiger partial charge in [-0.25, -0.2) is 24.7 Å². The topological polar surface area (TPSA) is 160 Å². The third kappa shape index (κ3) is 7.56. The number of hydrogen-bond donors (Lipinski definition) is 1. The molecule has 14 nitrogen and oxygen atoms in total. The van der Waals surface area contributed by atoms with Gasteiger partial charge in [-0.3, -0.25) is 14.2 Å². The number of ether oxygens (including phenoxy) is 4. The Morgan fingerprint density at radius 1 is 0.979 bits per heavy atom. The van der Waals surface area contributed by atoms with Crippen LogP contribution in [-0.4, -0.2) is 74.9 Å². The Morgan fingerprint density at radius 2 is 1.73 bits per heavy atom. The molecule has 4 atom stereocenters. The standard InChI is InChI=1S/C34H33N7O7/c1-22(42)46-25-17-29(41-21-38-30-31(36-20-37-32(30)41)39-33(43)24-13-7-4-8-14-24)47-27(25)19-45-34(44)48-26(23-11-5-3-6-12-23)18-40(2)28-15-9-10-16-35-28/h3-16,20-21,25-27,29H,17-19H2,1-2H3,(H,36,37,39,43)/t25-,26?,27+,29+/m0/s1. The van der Waals surface area contributed by atoms with Gasteiger partial charge in [0.15, 0.2) is 17.0 Å². The lowest BCUT2D eigenvalue weighted by Crippen LogP contribution is -2.33. The van der Waals surface area contributed by atoms with Gasteiger partial charge in [0.25, 0.3) is 5.91 Å². The summed E-state index contributed by atoms with van der Waals surface area (Å²) >= 11 is 0. The molecule has 1 aliphatic heterocycles. The van der Waals surface area contributed by atoms with Crippen molar-refractivity contribution in [3.05, 3.63) is 109 Å². The number of anilines is 2. The van der Waals surface area contributed by atoms with Crippen LogP contribution in [0.25, 0.3) is 11.2 Å². The molecule has 1 fully saturated rings. The second-order valence-electron chi connectivity index (χ2n) is 11.0. The minimum Gasteiger partial charge on any atom is -0.459 e. The van der Waals surface area contributed by atoms with Gasteiger partial charge in [0.05, 0.1) is 12.9 Å². The van der Waals surface area contributed by atoms with Gasteiger partial charge in [0.1, 0.15) is 43.3 Å². The lowest BCUT2D eigenvalue weighted by Gasteiger charge is -2.25. The Morgan fingerprint density at radius 3 is 2.46 bits per heavy atom. The molecule has 1 N–H and O–H groups in total. The van der Waals surface area contributed by atoms with Crippen molar-refractivity contribution in [2.45, 2.75) is 37.9 Å². The summed E-state index contributed by atoms with van der Waals surface area (Å²) in [6, 6.07) is 23.6. The van der Waals surface area contributed by atoms with Crippen molar-refractivity contribution in [3.8, 4) is 0 Å². The molecule has 0 saturated carbocycles. The second-order valence-corrected chi connectivity index (χ2v) is 11.0. The monoisotopic (exact) mass is 651 g/mol. The second kappa shape index (κ2) is 14.7. The van der Waals surface area contributed by atoms with Crippen molar-refractivity contribution in [3.63, 3.8) is 0 Å². The Labute approximate surface area is 275 Å². The lowest BCUT2D eigenvalue weighted by atomic mass is 10.1. The Hall–Kier alpha value is -5.89. The Bertz CT molecular complexity index is 1860. The first-order chi connectivity index (χ1) is 23.4. The van der Waals surface area contributed by atoms with Crippen LogP contribution in [-0.2, 0) is 23.7 Å². The smallest absolute Gasteiger partial charge is 0.459 e. The number of nitrogens with one attached hydrogen (secondary N) is 1. The molecule has 1 amide bonds. The third-order valence-corrected chi connectivity index (χ3v) is 7.69. The summed E-state index contributed by atoms with van der Waals surface area (Å²) in [6.07, 6.45) is 0.928. The number of amides is 1. The zero-order valence-corrected chi connectivity index (χ0v) is 26.2. The highest BCUT2D eigenvalue weighted by molar-refractivity contribution is 6.06. The number of benzene rings is 2. The largest absolute Gasteiger partial charge is 0.509 e. The van der Waals surface area contributed by atoms with Crippen molar-refractivity contribution < 1.29 is 33.3 Å². The minimum atomic E-state index is -0.911. The van der Waals surface area contributed by atoms with E-state index in [4.69, 9.17) is 18.9 Å². The van der Waals surface area contributed by atoms with Crippen LogP contribution >= 0.6 is 0 Å². The highest BCUT2D eigenvalue weighted by atomic mass is 16.7. The third-order valence-electron chi connectivity index (χ3n) is 7.69. The van der Waals surface area contributed by atoms with E-state index >= 15 is 0 Å². The van der Waals surface area contributed by atoms with Crippen LogP contribution in [0.2, 0.25) is 0 Å². The van der Waals surface area contributed by atoms with Crippen molar-refractivity contribution in [1.82, 2.24) is 24.5 Å². The summed E-state index contributed by atoms with van der Waals surface area (Å²) in [4.78, 5) is 57.0. The molecule has 4 heterocycles. The first-order valence-corrected chi connectivity index (χ1v) is 15.2. The van der Waals surface area contributed by atoms with Gasteiger partial charge in [-0.2, -0.15) is 0 Å². The van der Waals surface area contributed by atoms with Gasteiger partial charge < -0.3 is 29.2 Å². The number of carbonyl (C=O) groups is 3. The number of fused-ring (bicyclic) bond motifs is 1. The maximum absolute atomic E-state index is 13.0. The molecule has 0 aliphatic carbocycles. The number of carbonyl (C=O) groups excluding carboxylic acids is 3. The highest BCUT2D eigenvalue weighted by Gasteiger charge is 2.40. The number of aromatic nitrogens is 5. The Kier molecular flexibility index (Phi) is 9.81. The SMILES string of the molecule is CC(=O)O[C@H]1C[C@H](n2cnc3c(NC(=O)c4ccccc4)ncnc32)O[C@@H]1COC(=O)OC(CN(C)c1ccccn1)c1ccccc1. The van der Waals surface area contributed by atoms with Crippen LogP contribution in [0.4, 0.5) is 16.4 Å². The number of nitrogens with zero attached hydrogens (tertiary/aromatic N) is 6. The van der Waals surface area contributed by atoms with Gasteiger partial charge in [0, 0.05) is 32.2 Å².